The zero-order valence-corrected chi connectivity index (χ0v) is 17.5. The van der Waals surface area contributed by atoms with Crippen LogP contribution in [-0.4, -0.2) is 30.9 Å². The fourth-order valence-corrected chi connectivity index (χ4v) is 3.50. The summed E-state index contributed by atoms with van der Waals surface area (Å²) in [5, 5.41) is 3.28. The molecule has 0 radical (unpaired) electrons. The van der Waals surface area contributed by atoms with Crippen LogP contribution in [0.25, 0.3) is 0 Å². The summed E-state index contributed by atoms with van der Waals surface area (Å²) in [6, 6.07) is 10.4. The summed E-state index contributed by atoms with van der Waals surface area (Å²) < 4.78 is 5.11. The smallest absolute Gasteiger partial charge is 0.311 e. The van der Waals surface area contributed by atoms with E-state index in [4.69, 9.17) is 27.9 Å². The lowest BCUT2D eigenvalue weighted by molar-refractivity contribution is -0.151. The second-order valence-corrected chi connectivity index (χ2v) is 7.75. The highest BCUT2D eigenvalue weighted by atomic mass is 35.5. The summed E-state index contributed by atoms with van der Waals surface area (Å²) in [6.07, 6.45) is 0.0496. The summed E-state index contributed by atoms with van der Waals surface area (Å²) in [4.78, 5) is 38.4. The second kappa shape index (κ2) is 8.84. The van der Waals surface area contributed by atoms with Crippen LogP contribution in [0.1, 0.15) is 17.5 Å². The van der Waals surface area contributed by atoms with Crippen LogP contribution in [0.3, 0.4) is 0 Å². The molecule has 8 heteroatoms. The Kier molecular flexibility index (Phi) is 6.45. The van der Waals surface area contributed by atoms with E-state index in [0.717, 1.165) is 16.8 Å². The van der Waals surface area contributed by atoms with Gasteiger partial charge in [-0.3, -0.25) is 14.4 Å². The van der Waals surface area contributed by atoms with Gasteiger partial charge in [0.15, 0.2) is 6.61 Å². The quantitative estimate of drug-likeness (QED) is 0.717. The van der Waals surface area contributed by atoms with E-state index in [1.165, 1.54) is 6.07 Å². The fraction of sp³-hybridized carbons (Fsp3) is 0.286. The molecular formula is C21H20Cl2N2O4. The number of nitrogens with one attached hydrogen (secondary N) is 1. The van der Waals surface area contributed by atoms with Crippen LogP contribution in [0.15, 0.2) is 36.4 Å². The van der Waals surface area contributed by atoms with Crippen LogP contribution in [-0.2, 0) is 19.1 Å². The zero-order chi connectivity index (χ0) is 21.1. The monoisotopic (exact) mass is 434 g/mol. The number of hydrogen-bond acceptors (Lipinski definition) is 4. The van der Waals surface area contributed by atoms with Crippen molar-refractivity contribution < 1.29 is 19.1 Å². The summed E-state index contributed by atoms with van der Waals surface area (Å²) in [5.41, 5.74) is 3.18. The van der Waals surface area contributed by atoms with Gasteiger partial charge in [0.2, 0.25) is 5.91 Å². The molecule has 2 aromatic rings. The highest BCUT2D eigenvalue weighted by Crippen LogP contribution is 2.30. The van der Waals surface area contributed by atoms with E-state index < -0.39 is 24.4 Å². The Hall–Kier alpha value is -2.57. The maximum absolute atomic E-state index is 12.4. The largest absolute Gasteiger partial charge is 0.455 e. The molecule has 6 nitrogen and oxygen atoms in total. The molecule has 2 aromatic carbocycles. The van der Waals surface area contributed by atoms with Crippen molar-refractivity contribution >= 4 is 52.4 Å². The second-order valence-electron chi connectivity index (χ2n) is 6.90. The molecule has 0 bridgehead atoms. The van der Waals surface area contributed by atoms with E-state index >= 15 is 0 Å². The minimum absolute atomic E-state index is 0.0496. The molecule has 3 rings (SSSR count). The Morgan fingerprint density at radius 3 is 2.72 bits per heavy atom. The molecule has 1 atom stereocenters. The Morgan fingerprint density at radius 2 is 1.97 bits per heavy atom. The third-order valence-corrected chi connectivity index (χ3v) is 5.44. The van der Waals surface area contributed by atoms with E-state index in [1.54, 1.807) is 17.0 Å². The van der Waals surface area contributed by atoms with Crippen molar-refractivity contribution in [1.29, 1.82) is 0 Å². The minimum Gasteiger partial charge on any atom is -0.455 e. The van der Waals surface area contributed by atoms with Crippen molar-refractivity contribution in [1.82, 2.24) is 0 Å². The van der Waals surface area contributed by atoms with Crippen LogP contribution in [0.4, 0.5) is 11.4 Å². The van der Waals surface area contributed by atoms with Gasteiger partial charge in [-0.2, -0.15) is 0 Å². The number of anilines is 2. The molecule has 2 amide bonds. The van der Waals surface area contributed by atoms with E-state index in [-0.39, 0.29) is 18.9 Å². The molecule has 1 fully saturated rings. The van der Waals surface area contributed by atoms with Crippen molar-refractivity contribution in [3.8, 4) is 0 Å². The average molecular weight is 435 g/mol. The first-order valence-corrected chi connectivity index (χ1v) is 9.80. The van der Waals surface area contributed by atoms with Crippen molar-refractivity contribution in [2.75, 3.05) is 23.4 Å². The molecule has 1 aliphatic heterocycles. The molecule has 1 saturated heterocycles. The van der Waals surface area contributed by atoms with Gasteiger partial charge in [0.1, 0.15) is 0 Å². The first kappa shape index (κ1) is 21.1. The van der Waals surface area contributed by atoms with Gasteiger partial charge in [-0.25, -0.2) is 0 Å². The predicted octanol–water partition coefficient (Wildman–Crippen LogP) is 4.15. The van der Waals surface area contributed by atoms with Crippen LogP contribution in [0.5, 0.6) is 0 Å². The highest BCUT2D eigenvalue weighted by Gasteiger charge is 2.37. The number of amides is 2. The van der Waals surface area contributed by atoms with Crippen LogP contribution >= 0.6 is 23.2 Å². The number of nitrogens with zero attached hydrogens (tertiary/aromatic N) is 1. The van der Waals surface area contributed by atoms with Crippen LogP contribution < -0.4 is 10.2 Å². The topological polar surface area (TPSA) is 75.7 Å². The molecule has 29 heavy (non-hydrogen) atoms. The van der Waals surface area contributed by atoms with Gasteiger partial charge in [0, 0.05) is 23.7 Å². The number of esters is 1. The number of halogens is 2. The number of hydrogen-bond donors (Lipinski definition) is 1. The molecule has 0 spiro atoms. The molecule has 0 saturated carbocycles. The number of benzene rings is 2. The first-order chi connectivity index (χ1) is 13.8. The van der Waals surface area contributed by atoms with E-state index in [1.807, 2.05) is 32.0 Å². The Labute approximate surface area is 178 Å². The Balaban J connectivity index is 1.57. The molecule has 0 aliphatic carbocycles. The average Bonchev–Trinajstić information content (AvgIpc) is 3.06. The van der Waals surface area contributed by atoms with Gasteiger partial charge in [0.25, 0.3) is 5.91 Å². The number of rotatable bonds is 5. The van der Waals surface area contributed by atoms with Gasteiger partial charge >= 0.3 is 5.97 Å². The van der Waals surface area contributed by atoms with Crippen molar-refractivity contribution in [3.63, 3.8) is 0 Å². The van der Waals surface area contributed by atoms with Gasteiger partial charge in [-0.05, 0) is 49.2 Å². The molecule has 152 valence electrons. The number of carbonyl (C=O) groups excluding carboxylic acids is 3. The number of aryl methyl sites for hydroxylation is 1. The van der Waals surface area contributed by atoms with Crippen LogP contribution in [0, 0.1) is 19.8 Å². The van der Waals surface area contributed by atoms with Gasteiger partial charge in [-0.1, -0.05) is 35.3 Å². The molecule has 1 aliphatic rings. The van der Waals surface area contributed by atoms with Gasteiger partial charge < -0.3 is 15.0 Å². The maximum Gasteiger partial charge on any atom is 0.311 e. The molecule has 0 unspecified atom stereocenters. The lowest BCUT2D eigenvalue weighted by Gasteiger charge is -2.20. The lowest BCUT2D eigenvalue weighted by Crippen LogP contribution is -2.28. The minimum atomic E-state index is -0.620. The fourth-order valence-electron chi connectivity index (χ4n) is 3.16. The van der Waals surface area contributed by atoms with Crippen molar-refractivity contribution in [3.05, 3.63) is 57.6 Å². The predicted molar refractivity (Wildman–Crippen MR) is 112 cm³/mol. The third-order valence-electron chi connectivity index (χ3n) is 4.87. The molecule has 1 heterocycles. The third kappa shape index (κ3) is 4.89. The van der Waals surface area contributed by atoms with Crippen molar-refractivity contribution in [2.45, 2.75) is 20.3 Å². The summed E-state index contributed by atoms with van der Waals surface area (Å²) in [5.74, 6) is -1.89. The van der Waals surface area contributed by atoms with E-state index in [2.05, 4.69) is 5.32 Å². The Bertz CT molecular complexity index is 977. The molecule has 1 N–H and O–H groups in total. The van der Waals surface area contributed by atoms with Crippen LogP contribution in [0.2, 0.25) is 10.0 Å². The SMILES string of the molecule is Cc1cccc(N2C[C@@H](C(=O)OCC(=O)Nc3cc(Cl)ccc3Cl)CC2=O)c1C. The maximum atomic E-state index is 12.4. The summed E-state index contributed by atoms with van der Waals surface area (Å²) >= 11 is 11.9. The van der Waals surface area contributed by atoms with Gasteiger partial charge in [-0.15, -0.1) is 0 Å². The number of ether oxygens (including phenoxy) is 1. The van der Waals surface area contributed by atoms with Gasteiger partial charge in [0.05, 0.1) is 16.6 Å². The highest BCUT2D eigenvalue weighted by molar-refractivity contribution is 6.35. The van der Waals surface area contributed by atoms with E-state index in [9.17, 15) is 14.4 Å². The summed E-state index contributed by atoms with van der Waals surface area (Å²) in [7, 11) is 0. The molecular weight excluding hydrogens is 415 g/mol. The summed E-state index contributed by atoms with van der Waals surface area (Å²) in [6.45, 7) is 3.66. The van der Waals surface area contributed by atoms with E-state index in [0.29, 0.717) is 15.7 Å². The standard InChI is InChI=1S/C21H20Cl2N2O4/c1-12-4-3-5-18(13(12)2)25-10-14(8-20(25)27)21(28)29-11-19(26)24-17-9-15(22)6-7-16(17)23/h3-7,9,14H,8,10-11H2,1-2H3,(H,24,26)/t14-/m0/s1. The van der Waals surface area contributed by atoms with Crippen molar-refractivity contribution in [2.24, 2.45) is 5.92 Å². The first-order valence-electron chi connectivity index (χ1n) is 9.04. The number of carbonyl (C=O) groups is 3. The lowest BCUT2D eigenvalue weighted by atomic mass is 10.1. The Morgan fingerprint density at radius 1 is 1.21 bits per heavy atom. The molecule has 0 aromatic heterocycles. The zero-order valence-electron chi connectivity index (χ0n) is 16.0. The normalized spacial score (nSPS) is 16.1.